The molecular weight excluding hydrogens is 361 g/mol. The number of rotatable bonds is 6. The van der Waals surface area contributed by atoms with Crippen molar-refractivity contribution in [1.29, 1.82) is 0 Å². The van der Waals surface area contributed by atoms with Crippen molar-refractivity contribution in [3.8, 4) is 5.75 Å². The number of phenolic OH excluding ortho intramolecular Hbond substituents is 1. The van der Waals surface area contributed by atoms with Crippen molar-refractivity contribution in [2.45, 2.75) is 19.4 Å². The van der Waals surface area contributed by atoms with Gasteiger partial charge in [0.15, 0.2) is 0 Å². The highest BCUT2D eigenvalue weighted by Crippen LogP contribution is 2.24. The van der Waals surface area contributed by atoms with E-state index in [4.69, 9.17) is 0 Å². The summed E-state index contributed by atoms with van der Waals surface area (Å²) >= 11 is 0. The second-order valence-electron chi connectivity index (χ2n) is 6.92. The third-order valence-electron chi connectivity index (χ3n) is 4.92. The van der Waals surface area contributed by atoms with Gasteiger partial charge in [-0.2, -0.15) is 0 Å². The SMILES string of the molecule is O=C(CN1CCC(C(=O)Nc2ccccc2O)CC1)NCc1ccccc1F. The minimum Gasteiger partial charge on any atom is -0.506 e. The maximum Gasteiger partial charge on any atom is 0.234 e. The van der Waals surface area contributed by atoms with Crippen molar-refractivity contribution in [3.05, 3.63) is 59.9 Å². The third kappa shape index (κ3) is 5.29. The van der Waals surface area contributed by atoms with E-state index in [-0.39, 0.29) is 42.4 Å². The minimum absolute atomic E-state index is 0.0415. The maximum atomic E-state index is 13.6. The Morgan fingerprint density at radius 2 is 1.75 bits per heavy atom. The molecule has 3 N–H and O–H groups in total. The number of nitrogens with one attached hydrogen (secondary N) is 2. The van der Waals surface area contributed by atoms with E-state index in [1.54, 1.807) is 36.4 Å². The van der Waals surface area contributed by atoms with Gasteiger partial charge in [0, 0.05) is 18.0 Å². The molecule has 0 bridgehead atoms. The van der Waals surface area contributed by atoms with E-state index in [1.807, 2.05) is 4.90 Å². The standard InChI is InChI=1S/C21H24FN3O3/c22-17-6-2-1-5-16(17)13-23-20(27)14-25-11-9-15(10-12-25)21(28)24-18-7-3-4-8-19(18)26/h1-8,15,26H,9-14H2,(H,23,27)(H,24,28). The van der Waals surface area contributed by atoms with E-state index in [0.717, 1.165) is 0 Å². The van der Waals surface area contributed by atoms with E-state index in [9.17, 15) is 19.1 Å². The lowest BCUT2D eigenvalue weighted by Crippen LogP contribution is -2.43. The molecule has 1 heterocycles. The Labute approximate surface area is 163 Å². The van der Waals surface area contributed by atoms with Gasteiger partial charge in [-0.15, -0.1) is 0 Å². The number of hydrogen-bond donors (Lipinski definition) is 3. The summed E-state index contributed by atoms with van der Waals surface area (Å²) in [6.45, 7) is 1.64. The van der Waals surface area contributed by atoms with Gasteiger partial charge in [0.2, 0.25) is 11.8 Å². The highest BCUT2D eigenvalue weighted by Gasteiger charge is 2.26. The van der Waals surface area contributed by atoms with E-state index < -0.39 is 0 Å². The number of aromatic hydroxyl groups is 1. The average molecular weight is 385 g/mol. The minimum atomic E-state index is -0.334. The Morgan fingerprint density at radius 1 is 1.07 bits per heavy atom. The fourth-order valence-corrected chi connectivity index (χ4v) is 3.26. The van der Waals surface area contributed by atoms with Gasteiger partial charge >= 0.3 is 0 Å². The zero-order chi connectivity index (χ0) is 19.9. The summed E-state index contributed by atoms with van der Waals surface area (Å²) in [7, 11) is 0. The summed E-state index contributed by atoms with van der Waals surface area (Å²) in [5, 5.41) is 15.2. The van der Waals surface area contributed by atoms with Crippen LogP contribution in [-0.2, 0) is 16.1 Å². The number of piperidine rings is 1. The molecule has 7 heteroatoms. The van der Waals surface area contributed by atoms with Gasteiger partial charge in [0.25, 0.3) is 0 Å². The molecule has 0 aliphatic carbocycles. The smallest absolute Gasteiger partial charge is 0.234 e. The Bertz CT molecular complexity index is 835. The largest absolute Gasteiger partial charge is 0.506 e. The van der Waals surface area contributed by atoms with Gasteiger partial charge in [-0.3, -0.25) is 14.5 Å². The zero-order valence-corrected chi connectivity index (χ0v) is 15.5. The van der Waals surface area contributed by atoms with Crippen LogP contribution in [0.1, 0.15) is 18.4 Å². The number of carbonyl (C=O) groups is 2. The summed E-state index contributed by atoms with van der Waals surface area (Å²) in [4.78, 5) is 26.5. The molecule has 2 amide bonds. The van der Waals surface area contributed by atoms with Gasteiger partial charge in [-0.25, -0.2) is 4.39 Å². The van der Waals surface area contributed by atoms with Crippen LogP contribution in [0.15, 0.2) is 48.5 Å². The molecule has 1 fully saturated rings. The number of para-hydroxylation sites is 2. The Morgan fingerprint density at radius 3 is 2.46 bits per heavy atom. The summed E-state index contributed by atoms with van der Waals surface area (Å²) in [6.07, 6.45) is 1.28. The second-order valence-corrected chi connectivity index (χ2v) is 6.92. The zero-order valence-electron chi connectivity index (χ0n) is 15.5. The lowest BCUT2D eigenvalue weighted by molar-refractivity contribution is -0.123. The van der Waals surface area contributed by atoms with Crippen LogP contribution >= 0.6 is 0 Å². The number of anilines is 1. The summed E-state index contributed by atoms with van der Waals surface area (Å²) in [5.41, 5.74) is 0.859. The van der Waals surface area contributed by atoms with Crippen LogP contribution in [-0.4, -0.2) is 41.5 Å². The molecule has 0 radical (unpaired) electrons. The van der Waals surface area contributed by atoms with E-state index in [2.05, 4.69) is 10.6 Å². The Hall–Kier alpha value is -2.93. The quantitative estimate of drug-likeness (QED) is 0.668. The number of likely N-dealkylation sites (tertiary alicyclic amines) is 1. The van der Waals surface area contributed by atoms with Gasteiger partial charge < -0.3 is 15.7 Å². The highest BCUT2D eigenvalue weighted by molar-refractivity contribution is 5.93. The average Bonchev–Trinajstić information content (AvgIpc) is 2.69. The first kappa shape index (κ1) is 19.8. The Balaban J connectivity index is 1.41. The molecule has 0 atom stereocenters. The van der Waals surface area contributed by atoms with Gasteiger partial charge in [-0.1, -0.05) is 30.3 Å². The molecule has 2 aromatic carbocycles. The normalized spacial score (nSPS) is 15.2. The number of nitrogens with zero attached hydrogens (tertiary/aromatic N) is 1. The fraction of sp³-hybridized carbons (Fsp3) is 0.333. The van der Waals surface area contributed by atoms with Crippen LogP contribution in [0.2, 0.25) is 0 Å². The molecule has 0 spiro atoms. The monoisotopic (exact) mass is 385 g/mol. The number of carbonyl (C=O) groups excluding carboxylic acids is 2. The van der Waals surface area contributed by atoms with Crippen LogP contribution in [0.3, 0.4) is 0 Å². The predicted molar refractivity (Wildman–Crippen MR) is 104 cm³/mol. The van der Waals surface area contributed by atoms with E-state index in [1.165, 1.54) is 12.1 Å². The molecule has 1 aliphatic heterocycles. The maximum absolute atomic E-state index is 13.6. The lowest BCUT2D eigenvalue weighted by atomic mass is 9.95. The van der Waals surface area contributed by atoms with Crippen molar-refractivity contribution in [3.63, 3.8) is 0 Å². The first-order valence-corrected chi connectivity index (χ1v) is 9.34. The Kier molecular flexibility index (Phi) is 6.60. The summed E-state index contributed by atoms with van der Waals surface area (Å²) in [5.74, 6) is -0.735. The van der Waals surface area contributed by atoms with Crippen molar-refractivity contribution in [2.75, 3.05) is 25.0 Å². The van der Waals surface area contributed by atoms with E-state index >= 15 is 0 Å². The van der Waals surface area contributed by atoms with Crippen LogP contribution < -0.4 is 10.6 Å². The fourth-order valence-electron chi connectivity index (χ4n) is 3.26. The van der Waals surface area contributed by atoms with Gasteiger partial charge in [0.1, 0.15) is 11.6 Å². The second kappa shape index (κ2) is 9.32. The molecule has 3 rings (SSSR count). The van der Waals surface area contributed by atoms with Crippen LogP contribution in [0.5, 0.6) is 5.75 Å². The lowest BCUT2D eigenvalue weighted by Gasteiger charge is -2.30. The van der Waals surface area contributed by atoms with Gasteiger partial charge in [-0.05, 0) is 44.1 Å². The molecule has 0 aromatic heterocycles. The number of hydrogen-bond acceptors (Lipinski definition) is 4. The van der Waals surface area contributed by atoms with Crippen LogP contribution in [0.25, 0.3) is 0 Å². The summed E-state index contributed by atoms with van der Waals surface area (Å²) in [6, 6.07) is 13.0. The number of benzene rings is 2. The van der Waals surface area contributed by atoms with Gasteiger partial charge in [0.05, 0.1) is 12.2 Å². The van der Waals surface area contributed by atoms with Crippen molar-refractivity contribution < 1.29 is 19.1 Å². The highest BCUT2D eigenvalue weighted by atomic mass is 19.1. The molecule has 28 heavy (non-hydrogen) atoms. The van der Waals surface area contributed by atoms with Crippen molar-refractivity contribution >= 4 is 17.5 Å². The molecule has 1 saturated heterocycles. The molecule has 6 nitrogen and oxygen atoms in total. The molecule has 2 aromatic rings. The number of phenols is 1. The number of amides is 2. The number of halogens is 1. The van der Waals surface area contributed by atoms with Crippen molar-refractivity contribution in [1.82, 2.24) is 10.2 Å². The first-order valence-electron chi connectivity index (χ1n) is 9.34. The molecule has 148 valence electrons. The molecule has 0 saturated carbocycles. The molecule has 0 unspecified atom stereocenters. The predicted octanol–water partition coefficient (Wildman–Crippen LogP) is 2.50. The topological polar surface area (TPSA) is 81.7 Å². The van der Waals surface area contributed by atoms with Crippen LogP contribution in [0.4, 0.5) is 10.1 Å². The van der Waals surface area contributed by atoms with E-state index in [0.29, 0.717) is 37.2 Å². The summed E-state index contributed by atoms with van der Waals surface area (Å²) < 4.78 is 13.6. The molecule has 1 aliphatic rings. The third-order valence-corrected chi connectivity index (χ3v) is 4.92. The van der Waals surface area contributed by atoms with Crippen LogP contribution in [0, 0.1) is 11.7 Å². The van der Waals surface area contributed by atoms with Crippen molar-refractivity contribution in [2.24, 2.45) is 5.92 Å². The molecular formula is C21H24FN3O3. The first-order chi connectivity index (χ1) is 13.5.